The summed E-state index contributed by atoms with van der Waals surface area (Å²) in [6.07, 6.45) is 0.685. The van der Waals surface area contributed by atoms with E-state index < -0.39 is 9.85 Å². The van der Waals surface area contributed by atoms with Gasteiger partial charge >= 0.3 is 0 Å². The van der Waals surface area contributed by atoms with Gasteiger partial charge < -0.3 is 10.6 Å². The van der Waals surface area contributed by atoms with Crippen molar-refractivity contribution in [1.29, 1.82) is 0 Å². The summed E-state index contributed by atoms with van der Waals surface area (Å²) in [6.45, 7) is 1.03. The van der Waals surface area contributed by atoms with Crippen LogP contribution in [0.1, 0.15) is 6.42 Å². The number of rotatable bonds is 6. The fraction of sp³-hybridized carbons (Fsp3) is 0.400. The molecule has 1 aromatic rings. The zero-order chi connectivity index (χ0) is 13.7. The van der Waals surface area contributed by atoms with Crippen LogP contribution in [0.3, 0.4) is 0 Å². The van der Waals surface area contributed by atoms with Crippen molar-refractivity contribution in [1.82, 2.24) is 0 Å². The van der Waals surface area contributed by atoms with Crippen molar-refractivity contribution in [2.24, 2.45) is 5.73 Å². The molecule has 0 spiro atoms. The second kappa shape index (κ2) is 5.92. The van der Waals surface area contributed by atoms with Gasteiger partial charge in [-0.15, -0.1) is 0 Å². The number of nitrogens with zero attached hydrogens (tertiary/aromatic N) is 3. The van der Waals surface area contributed by atoms with E-state index in [0.717, 1.165) is 6.07 Å². The Morgan fingerprint density at radius 3 is 2.44 bits per heavy atom. The molecule has 0 saturated carbocycles. The predicted molar refractivity (Wildman–Crippen MR) is 66.7 cm³/mol. The highest BCUT2D eigenvalue weighted by Crippen LogP contribution is 2.31. The summed E-state index contributed by atoms with van der Waals surface area (Å²) in [5.41, 5.74) is 5.14. The van der Waals surface area contributed by atoms with Crippen LogP contribution in [0.2, 0.25) is 0 Å². The van der Waals surface area contributed by atoms with E-state index in [4.69, 9.17) is 5.73 Å². The topological polar surface area (TPSA) is 116 Å². The molecule has 0 aliphatic rings. The Bertz CT molecular complexity index is 463. The van der Waals surface area contributed by atoms with E-state index in [1.54, 1.807) is 11.9 Å². The quantitative estimate of drug-likeness (QED) is 0.604. The van der Waals surface area contributed by atoms with Gasteiger partial charge in [0.05, 0.1) is 15.9 Å². The molecule has 0 atom stereocenters. The number of anilines is 1. The lowest BCUT2D eigenvalue weighted by Crippen LogP contribution is -2.21. The van der Waals surface area contributed by atoms with Gasteiger partial charge in [-0.25, -0.2) is 0 Å². The molecule has 0 aliphatic heterocycles. The van der Waals surface area contributed by atoms with Crippen LogP contribution in [0.25, 0.3) is 0 Å². The number of benzene rings is 1. The average Bonchev–Trinajstić information content (AvgIpc) is 2.34. The van der Waals surface area contributed by atoms with Gasteiger partial charge in [0.1, 0.15) is 5.69 Å². The molecule has 98 valence electrons. The molecule has 0 unspecified atom stereocenters. The smallest absolute Gasteiger partial charge is 0.299 e. The fourth-order valence-electron chi connectivity index (χ4n) is 1.54. The van der Waals surface area contributed by atoms with Crippen LogP contribution in [-0.2, 0) is 0 Å². The minimum absolute atomic E-state index is 0.274. The molecule has 2 N–H and O–H groups in total. The molecule has 0 aromatic heterocycles. The Hall–Kier alpha value is -2.22. The molecule has 8 nitrogen and oxygen atoms in total. The standard InChI is InChI=1S/C10H14N4O4/c1-12(6-2-5-11)9-4-3-8(13(15)16)7-10(9)14(17)18/h3-4,7H,2,5-6,11H2,1H3. The monoisotopic (exact) mass is 254 g/mol. The Labute approximate surface area is 103 Å². The summed E-state index contributed by atoms with van der Waals surface area (Å²) in [5, 5.41) is 21.5. The Kier molecular flexibility index (Phi) is 4.55. The molecule has 1 aromatic carbocycles. The average molecular weight is 254 g/mol. The summed E-state index contributed by atoms with van der Waals surface area (Å²) in [4.78, 5) is 21.9. The van der Waals surface area contributed by atoms with Crippen LogP contribution >= 0.6 is 0 Å². The highest BCUT2D eigenvalue weighted by molar-refractivity contribution is 5.66. The first-order chi connectivity index (χ1) is 8.47. The number of hydrogen-bond acceptors (Lipinski definition) is 6. The summed E-state index contributed by atoms with van der Waals surface area (Å²) in [6, 6.07) is 3.60. The van der Waals surface area contributed by atoms with Gasteiger partial charge in [-0.1, -0.05) is 0 Å². The summed E-state index contributed by atoms with van der Waals surface area (Å²) in [7, 11) is 1.68. The molecule has 0 saturated heterocycles. The molecule has 1 rings (SSSR count). The van der Waals surface area contributed by atoms with Gasteiger partial charge in [0.15, 0.2) is 0 Å². The maximum absolute atomic E-state index is 10.9. The summed E-state index contributed by atoms with van der Waals surface area (Å²) >= 11 is 0. The molecule has 0 fully saturated rings. The second-order valence-corrected chi connectivity index (χ2v) is 3.75. The highest BCUT2D eigenvalue weighted by atomic mass is 16.6. The lowest BCUT2D eigenvalue weighted by molar-refractivity contribution is -0.393. The molecule has 0 aliphatic carbocycles. The maximum atomic E-state index is 10.9. The van der Waals surface area contributed by atoms with Gasteiger partial charge in [-0.05, 0) is 19.0 Å². The third-order valence-electron chi connectivity index (χ3n) is 2.48. The largest absolute Gasteiger partial charge is 0.369 e. The van der Waals surface area contributed by atoms with E-state index in [-0.39, 0.29) is 11.4 Å². The van der Waals surface area contributed by atoms with Crippen LogP contribution in [0, 0.1) is 20.2 Å². The fourth-order valence-corrected chi connectivity index (χ4v) is 1.54. The molecule has 18 heavy (non-hydrogen) atoms. The third kappa shape index (κ3) is 3.14. The van der Waals surface area contributed by atoms with Crippen LogP contribution in [0.5, 0.6) is 0 Å². The van der Waals surface area contributed by atoms with Crippen molar-refractivity contribution >= 4 is 17.1 Å². The molecule has 0 heterocycles. The maximum Gasteiger partial charge on any atom is 0.299 e. The van der Waals surface area contributed by atoms with Crippen molar-refractivity contribution < 1.29 is 9.85 Å². The van der Waals surface area contributed by atoms with Crippen LogP contribution < -0.4 is 10.6 Å². The normalized spacial score (nSPS) is 10.1. The van der Waals surface area contributed by atoms with E-state index in [9.17, 15) is 20.2 Å². The molecule has 0 amide bonds. The van der Waals surface area contributed by atoms with Crippen molar-refractivity contribution in [3.8, 4) is 0 Å². The van der Waals surface area contributed by atoms with E-state index in [2.05, 4.69) is 0 Å². The number of nitrogens with two attached hydrogens (primary N) is 1. The molecular weight excluding hydrogens is 240 g/mol. The lowest BCUT2D eigenvalue weighted by atomic mass is 10.2. The van der Waals surface area contributed by atoms with Crippen LogP contribution in [0.15, 0.2) is 18.2 Å². The van der Waals surface area contributed by atoms with E-state index >= 15 is 0 Å². The van der Waals surface area contributed by atoms with Crippen molar-refractivity contribution in [2.45, 2.75) is 6.42 Å². The zero-order valence-corrected chi connectivity index (χ0v) is 9.91. The van der Waals surface area contributed by atoms with Gasteiger partial charge in [0.25, 0.3) is 11.4 Å². The first-order valence-electron chi connectivity index (χ1n) is 5.31. The van der Waals surface area contributed by atoms with Crippen molar-refractivity contribution in [2.75, 3.05) is 25.0 Å². The molecule has 0 bridgehead atoms. The first-order valence-corrected chi connectivity index (χ1v) is 5.31. The van der Waals surface area contributed by atoms with E-state index in [1.807, 2.05) is 0 Å². The lowest BCUT2D eigenvalue weighted by Gasteiger charge is -2.18. The third-order valence-corrected chi connectivity index (χ3v) is 2.48. The summed E-state index contributed by atoms with van der Waals surface area (Å²) < 4.78 is 0. The number of nitro benzene ring substituents is 2. The molecular formula is C10H14N4O4. The van der Waals surface area contributed by atoms with Crippen molar-refractivity contribution in [3.63, 3.8) is 0 Å². The molecule has 0 radical (unpaired) electrons. The minimum Gasteiger partial charge on any atom is -0.369 e. The van der Waals surface area contributed by atoms with E-state index in [0.29, 0.717) is 25.2 Å². The van der Waals surface area contributed by atoms with Gasteiger partial charge in [-0.2, -0.15) is 0 Å². The van der Waals surface area contributed by atoms with Crippen molar-refractivity contribution in [3.05, 3.63) is 38.4 Å². The van der Waals surface area contributed by atoms with Crippen LogP contribution in [0.4, 0.5) is 17.1 Å². The predicted octanol–water partition coefficient (Wildman–Crippen LogP) is 1.29. The number of nitro groups is 2. The SMILES string of the molecule is CN(CCCN)c1ccc([N+](=O)[O-])cc1[N+](=O)[O-]. The summed E-state index contributed by atoms with van der Waals surface area (Å²) in [5.74, 6) is 0. The number of hydrogen-bond donors (Lipinski definition) is 1. The van der Waals surface area contributed by atoms with Crippen LogP contribution in [-0.4, -0.2) is 30.0 Å². The Morgan fingerprint density at radius 2 is 1.94 bits per heavy atom. The highest BCUT2D eigenvalue weighted by Gasteiger charge is 2.21. The second-order valence-electron chi connectivity index (χ2n) is 3.75. The minimum atomic E-state index is -0.656. The first kappa shape index (κ1) is 13.8. The Morgan fingerprint density at radius 1 is 1.28 bits per heavy atom. The van der Waals surface area contributed by atoms with Gasteiger partial charge in [-0.3, -0.25) is 20.2 Å². The zero-order valence-electron chi connectivity index (χ0n) is 9.91. The van der Waals surface area contributed by atoms with E-state index in [1.165, 1.54) is 12.1 Å². The molecule has 8 heteroatoms. The van der Waals surface area contributed by atoms with Gasteiger partial charge in [0.2, 0.25) is 0 Å². The van der Waals surface area contributed by atoms with Gasteiger partial charge in [0, 0.05) is 19.7 Å². The Balaban J connectivity index is 3.11. The number of non-ortho nitro benzene ring substituents is 1.